The fourth-order valence-electron chi connectivity index (χ4n) is 4.90. The van der Waals surface area contributed by atoms with E-state index in [1.165, 1.54) is 31.5 Å². The minimum atomic E-state index is -3.32. The number of nitrogens with zero attached hydrogens (tertiary/aromatic N) is 2. The number of hydrogen-bond acceptors (Lipinski definition) is 4. The minimum Gasteiger partial charge on any atom is -0.321 e. The van der Waals surface area contributed by atoms with Gasteiger partial charge < -0.3 is 10.2 Å². The molecule has 24 heavy (non-hydrogen) atoms. The molecule has 4 aliphatic rings. The Morgan fingerprint density at radius 1 is 1.12 bits per heavy atom. The monoisotopic (exact) mass is 349 g/mol. The minimum absolute atomic E-state index is 0.0196. The summed E-state index contributed by atoms with van der Waals surface area (Å²) in [4.78, 5) is 18.7. The standard InChI is InChI=1S/C17H23N3O3S/c1-24(22,23)16-3-2-14(9-18-16)19-17(21)20-10-13-5-11-4-12(6-13)8-15(20)7-11/h2-3,9,11-13,15H,4-8,10H2,1H3,(H,19,21). The number of anilines is 1. The van der Waals surface area contributed by atoms with Gasteiger partial charge >= 0.3 is 6.03 Å². The first-order chi connectivity index (χ1) is 11.4. The van der Waals surface area contributed by atoms with Crippen molar-refractivity contribution in [2.75, 3.05) is 18.1 Å². The van der Waals surface area contributed by atoms with Crippen LogP contribution in [-0.4, -0.2) is 43.2 Å². The largest absolute Gasteiger partial charge is 0.322 e. The molecule has 5 rings (SSSR count). The lowest BCUT2D eigenvalue weighted by Gasteiger charge is -2.38. The fraction of sp³-hybridized carbons (Fsp3) is 0.647. The van der Waals surface area contributed by atoms with E-state index in [1.54, 1.807) is 6.07 Å². The van der Waals surface area contributed by atoms with Crippen molar-refractivity contribution in [3.63, 3.8) is 0 Å². The molecule has 0 spiro atoms. The molecule has 1 aromatic rings. The average molecular weight is 349 g/mol. The maximum absolute atomic E-state index is 12.7. The van der Waals surface area contributed by atoms with Crippen LogP contribution in [0.5, 0.6) is 0 Å². The van der Waals surface area contributed by atoms with Crippen molar-refractivity contribution in [1.29, 1.82) is 0 Å². The summed E-state index contributed by atoms with van der Waals surface area (Å²) in [6, 6.07) is 3.30. The van der Waals surface area contributed by atoms with E-state index in [0.29, 0.717) is 17.6 Å². The molecule has 6 nitrogen and oxygen atoms in total. The van der Waals surface area contributed by atoms with Gasteiger partial charge in [0.2, 0.25) is 0 Å². The summed E-state index contributed by atoms with van der Waals surface area (Å²) in [5.74, 6) is 2.22. The molecule has 130 valence electrons. The summed E-state index contributed by atoms with van der Waals surface area (Å²) in [6.45, 7) is 0.846. The Morgan fingerprint density at radius 2 is 1.79 bits per heavy atom. The van der Waals surface area contributed by atoms with E-state index in [9.17, 15) is 13.2 Å². The predicted octanol–water partition coefficient (Wildman–Crippen LogP) is 2.53. The lowest BCUT2D eigenvalue weighted by Crippen LogP contribution is -2.44. The van der Waals surface area contributed by atoms with Crippen LogP contribution in [0.25, 0.3) is 0 Å². The molecule has 4 bridgehead atoms. The second-order valence-electron chi connectivity index (χ2n) is 7.67. The maximum atomic E-state index is 12.7. The molecule has 2 aliphatic carbocycles. The molecule has 4 fully saturated rings. The zero-order valence-electron chi connectivity index (χ0n) is 13.8. The summed E-state index contributed by atoms with van der Waals surface area (Å²) in [6.07, 6.45) is 8.67. The molecule has 3 heterocycles. The Morgan fingerprint density at radius 3 is 2.38 bits per heavy atom. The van der Waals surface area contributed by atoms with Crippen LogP contribution in [0.1, 0.15) is 32.1 Å². The van der Waals surface area contributed by atoms with Gasteiger partial charge in [0.1, 0.15) is 0 Å². The molecule has 7 heteroatoms. The highest BCUT2D eigenvalue weighted by molar-refractivity contribution is 7.90. The van der Waals surface area contributed by atoms with Gasteiger partial charge in [0.05, 0.1) is 11.9 Å². The lowest BCUT2D eigenvalue weighted by molar-refractivity contribution is 0.136. The van der Waals surface area contributed by atoms with E-state index >= 15 is 0 Å². The highest BCUT2D eigenvalue weighted by atomic mass is 32.2. The molecule has 2 aliphatic heterocycles. The van der Waals surface area contributed by atoms with Gasteiger partial charge in [-0.3, -0.25) is 0 Å². The predicted molar refractivity (Wildman–Crippen MR) is 90.4 cm³/mol. The molecular formula is C17H23N3O3S. The van der Waals surface area contributed by atoms with Gasteiger partial charge in [0, 0.05) is 18.8 Å². The van der Waals surface area contributed by atoms with Crippen molar-refractivity contribution < 1.29 is 13.2 Å². The molecular weight excluding hydrogens is 326 g/mol. The Kier molecular flexibility index (Phi) is 3.78. The van der Waals surface area contributed by atoms with Gasteiger partial charge in [-0.25, -0.2) is 18.2 Å². The van der Waals surface area contributed by atoms with Crippen molar-refractivity contribution in [3.05, 3.63) is 18.3 Å². The SMILES string of the molecule is CS(=O)(=O)c1ccc(NC(=O)N2CC3CC4CC(C3)CC2C4)cn1. The maximum Gasteiger partial charge on any atom is 0.322 e. The lowest BCUT2D eigenvalue weighted by atomic mass is 9.68. The van der Waals surface area contributed by atoms with Crippen LogP contribution >= 0.6 is 0 Å². The molecule has 0 radical (unpaired) electrons. The van der Waals surface area contributed by atoms with Gasteiger partial charge in [-0.2, -0.15) is 0 Å². The number of carbonyl (C=O) groups is 1. The summed E-state index contributed by atoms with van der Waals surface area (Å²) in [5, 5.41) is 2.91. The first-order valence-corrected chi connectivity index (χ1v) is 10.5. The van der Waals surface area contributed by atoms with Crippen LogP contribution in [0.3, 0.4) is 0 Å². The fourth-order valence-corrected chi connectivity index (χ4v) is 5.46. The Hall–Kier alpha value is -1.63. The number of pyridine rings is 1. The molecule has 2 saturated heterocycles. The van der Waals surface area contributed by atoms with Gasteiger partial charge in [0.15, 0.2) is 14.9 Å². The number of fused-ring (bicyclic) bond motifs is 1. The number of urea groups is 1. The second-order valence-corrected chi connectivity index (χ2v) is 9.63. The zero-order valence-corrected chi connectivity index (χ0v) is 14.6. The van der Waals surface area contributed by atoms with E-state index in [1.807, 2.05) is 4.90 Å². The topological polar surface area (TPSA) is 79.4 Å². The molecule has 2 amide bonds. The van der Waals surface area contributed by atoms with Crippen molar-refractivity contribution in [2.45, 2.75) is 43.2 Å². The van der Waals surface area contributed by atoms with Crippen molar-refractivity contribution >= 4 is 21.6 Å². The van der Waals surface area contributed by atoms with Gasteiger partial charge in [-0.1, -0.05) is 0 Å². The van der Waals surface area contributed by atoms with Crippen LogP contribution in [0, 0.1) is 17.8 Å². The van der Waals surface area contributed by atoms with Crippen LogP contribution in [-0.2, 0) is 9.84 Å². The molecule has 1 aromatic heterocycles. The van der Waals surface area contributed by atoms with E-state index in [0.717, 1.165) is 37.5 Å². The highest BCUT2D eigenvalue weighted by Gasteiger charge is 2.44. The summed E-state index contributed by atoms with van der Waals surface area (Å²) >= 11 is 0. The van der Waals surface area contributed by atoms with E-state index in [4.69, 9.17) is 0 Å². The van der Waals surface area contributed by atoms with Crippen LogP contribution in [0.15, 0.2) is 23.4 Å². The third-order valence-corrected chi connectivity index (χ3v) is 6.74. The van der Waals surface area contributed by atoms with Crippen molar-refractivity contribution in [3.8, 4) is 0 Å². The molecule has 2 atom stereocenters. The number of rotatable bonds is 2. The Balaban J connectivity index is 1.48. The highest BCUT2D eigenvalue weighted by Crippen LogP contribution is 2.47. The van der Waals surface area contributed by atoms with E-state index in [2.05, 4.69) is 10.3 Å². The third kappa shape index (κ3) is 3.01. The summed E-state index contributed by atoms with van der Waals surface area (Å²) in [7, 11) is -3.32. The van der Waals surface area contributed by atoms with Gasteiger partial charge in [-0.05, 0) is 62.0 Å². The number of nitrogens with one attached hydrogen (secondary N) is 1. The average Bonchev–Trinajstić information content (AvgIpc) is 2.70. The molecule has 2 saturated carbocycles. The van der Waals surface area contributed by atoms with Crippen LogP contribution in [0.2, 0.25) is 0 Å². The Labute approximate surface area is 142 Å². The first kappa shape index (κ1) is 15.9. The first-order valence-electron chi connectivity index (χ1n) is 8.62. The molecule has 2 unspecified atom stereocenters. The smallest absolute Gasteiger partial charge is 0.321 e. The summed E-state index contributed by atoms with van der Waals surface area (Å²) < 4.78 is 22.9. The zero-order chi connectivity index (χ0) is 16.9. The van der Waals surface area contributed by atoms with Gasteiger partial charge in [-0.15, -0.1) is 0 Å². The second kappa shape index (κ2) is 5.72. The van der Waals surface area contributed by atoms with Gasteiger partial charge in [0.25, 0.3) is 0 Å². The Bertz CT molecular complexity index is 733. The number of hydrogen-bond donors (Lipinski definition) is 1. The van der Waals surface area contributed by atoms with Crippen molar-refractivity contribution in [2.24, 2.45) is 17.8 Å². The third-order valence-electron chi connectivity index (χ3n) is 5.73. The van der Waals surface area contributed by atoms with E-state index in [-0.39, 0.29) is 11.1 Å². The van der Waals surface area contributed by atoms with E-state index < -0.39 is 9.84 Å². The van der Waals surface area contributed by atoms with Crippen molar-refractivity contribution in [1.82, 2.24) is 9.88 Å². The quantitative estimate of drug-likeness (QED) is 0.890. The number of aromatic nitrogens is 1. The number of carbonyl (C=O) groups excluding carboxylic acids is 1. The normalized spacial score (nSPS) is 31.8. The van der Waals surface area contributed by atoms with Crippen LogP contribution < -0.4 is 5.32 Å². The van der Waals surface area contributed by atoms with Crippen LogP contribution in [0.4, 0.5) is 10.5 Å². The number of amides is 2. The number of sulfone groups is 1. The molecule has 0 aromatic carbocycles. The molecule has 1 N–H and O–H groups in total. The summed E-state index contributed by atoms with van der Waals surface area (Å²) in [5.41, 5.74) is 0.538.